The fraction of sp³-hybridized carbons (Fsp3) is 0.200. The van der Waals surface area contributed by atoms with Crippen molar-refractivity contribution in [2.45, 2.75) is 6.42 Å². The Bertz CT molecular complexity index is 1030. The number of fused-ring (bicyclic) bond motifs is 1. The average molecular weight is 414 g/mol. The number of methoxy groups -OCH3 is 1. The monoisotopic (exact) mass is 414 g/mol. The first kappa shape index (κ1) is 20.3. The number of thiazole rings is 1. The summed E-state index contributed by atoms with van der Waals surface area (Å²) in [6.45, 7) is -0.780. The Hall–Kier alpha value is -3.46. The lowest BCUT2D eigenvalue weighted by molar-refractivity contribution is -0.149. The van der Waals surface area contributed by atoms with E-state index in [1.54, 1.807) is 11.4 Å². The molecule has 150 valence electrons. The number of hydrogen-bond acceptors (Lipinski definition) is 8. The van der Waals surface area contributed by atoms with Crippen molar-refractivity contribution in [1.29, 1.82) is 0 Å². The summed E-state index contributed by atoms with van der Waals surface area (Å²) < 4.78 is 14.9. The second-order valence-corrected chi connectivity index (χ2v) is 6.76. The third-order valence-corrected chi connectivity index (χ3v) is 4.60. The molecule has 0 unspecified atom stereocenters. The van der Waals surface area contributed by atoms with Crippen LogP contribution in [0.25, 0.3) is 10.8 Å². The molecule has 1 amide bonds. The van der Waals surface area contributed by atoms with E-state index in [2.05, 4.69) is 15.0 Å². The van der Waals surface area contributed by atoms with Crippen molar-refractivity contribution in [3.63, 3.8) is 0 Å². The van der Waals surface area contributed by atoms with Gasteiger partial charge in [0.25, 0.3) is 5.91 Å². The van der Waals surface area contributed by atoms with E-state index in [1.165, 1.54) is 7.11 Å². The number of amides is 1. The first-order chi connectivity index (χ1) is 14.0. The van der Waals surface area contributed by atoms with Gasteiger partial charge in [0.15, 0.2) is 18.3 Å². The van der Waals surface area contributed by atoms with Gasteiger partial charge >= 0.3 is 11.9 Å². The van der Waals surface area contributed by atoms with E-state index in [-0.39, 0.29) is 13.0 Å². The van der Waals surface area contributed by atoms with Gasteiger partial charge in [-0.15, -0.1) is 11.3 Å². The van der Waals surface area contributed by atoms with Crippen molar-refractivity contribution < 1.29 is 28.6 Å². The summed E-state index contributed by atoms with van der Waals surface area (Å²) in [6, 6.07) is 13.3. The number of ether oxygens (including phenoxy) is 3. The third kappa shape index (κ3) is 6.01. The molecule has 1 heterocycles. The molecule has 3 aromatic rings. The van der Waals surface area contributed by atoms with Crippen LogP contribution in [0.2, 0.25) is 0 Å². The van der Waals surface area contributed by atoms with Gasteiger partial charge in [0.05, 0.1) is 19.2 Å². The number of anilines is 1. The standard InChI is InChI=1S/C20H18N2O6S/c1-26-18(24)9-15-12-29-20(21-15)22-17(23)10-28-19(25)11-27-16-7-6-13-4-2-3-5-14(13)8-16/h2-8,12H,9-11H2,1H3,(H,21,22,23). The highest BCUT2D eigenvalue weighted by Crippen LogP contribution is 2.20. The van der Waals surface area contributed by atoms with E-state index >= 15 is 0 Å². The molecule has 0 spiro atoms. The molecule has 0 atom stereocenters. The third-order valence-electron chi connectivity index (χ3n) is 3.79. The topological polar surface area (TPSA) is 104 Å². The Morgan fingerprint density at radius 2 is 1.83 bits per heavy atom. The van der Waals surface area contributed by atoms with Gasteiger partial charge in [0.2, 0.25) is 0 Å². The molecule has 1 N–H and O–H groups in total. The highest BCUT2D eigenvalue weighted by molar-refractivity contribution is 7.13. The molecule has 0 saturated carbocycles. The van der Waals surface area contributed by atoms with E-state index in [0.717, 1.165) is 22.1 Å². The number of esters is 2. The Kier molecular flexibility index (Phi) is 6.75. The lowest BCUT2D eigenvalue weighted by atomic mass is 10.1. The first-order valence-corrected chi connectivity index (χ1v) is 9.50. The number of benzene rings is 2. The van der Waals surface area contributed by atoms with E-state index in [1.807, 2.05) is 36.4 Å². The molecule has 0 saturated heterocycles. The molecular weight excluding hydrogens is 396 g/mol. The fourth-order valence-electron chi connectivity index (χ4n) is 2.41. The lowest BCUT2D eigenvalue weighted by Gasteiger charge is -2.08. The van der Waals surface area contributed by atoms with Gasteiger partial charge < -0.3 is 14.2 Å². The Balaban J connectivity index is 1.41. The maximum absolute atomic E-state index is 11.9. The van der Waals surface area contributed by atoms with Crippen LogP contribution >= 0.6 is 11.3 Å². The average Bonchev–Trinajstić information content (AvgIpc) is 3.16. The Morgan fingerprint density at radius 3 is 2.62 bits per heavy atom. The highest BCUT2D eigenvalue weighted by atomic mass is 32.1. The second kappa shape index (κ2) is 9.65. The van der Waals surface area contributed by atoms with Crippen molar-refractivity contribution in [3.05, 3.63) is 53.5 Å². The van der Waals surface area contributed by atoms with Crippen LogP contribution in [0.4, 0.5) is 5.13 Å². The molecule has 1 aromatic heterocycles. The molecule has 0 aliphatic carbocycles. The lowest BCUT2D eigenvalue weighted by Crippen LogP contribution is -2.23. The van der Waals surface area contributed by atoms with Crippen molar-refractivity contribution in [2.24, 2.45) is 0 Å². The molecule has 0 aliphatic rings. The summed E-state index contributed by atoms with van der Waals surface area (Å²) in [5.41, 5.74) is 0.484. The Labute approximate surface area is 170 Å². The van der Waals surface area contributed by atoms with Crippen molar-refractivity contribution >= 4 is 45.1 Å². The molecule has 0 aliphatic heterocycles. The number of nitrogens with one attached hydrogen (secondary N) is 1. The number of hydrogen-bond donors (Lipinski definition) is 1. The second-order valence-electron chi connectivity index (χ2n) is 5.90. The van der Waals surface area contributed by atoms with Crippen LogP contribution in [0, 0.1) is 0 Å². The first-order valence-electron chi connectivity index (χ1n) is 8.62. The number of nitrogens with zero attached hydrogens (tertiary/aromatic N) is 1. The Morgan fingerprint density at radius 1 is 1.03 bits per heavy atom. The minimum Gasteiger partial charge on any atom is -0.482 e. The van der Waals surface area contributed by atoms with Gasteiger partial charge in [-0.25, -0.2) is 9.78 Å². The fourth-order valence-corrected chi connectivity index (χ4v) is 3.13. The zero-order valence-corrected chi connectivity index (χ0v) is 16.4. The van der Waals surface area contributed by atoms with Gasteiger partial charge in [-0.05, 0) is 22.9 Å². The molecular formula is C20H18N2O6S. The van der Waals surface area contributed by atoms with Crippen LogP contribution in [0.1, 0.15) is 5.69 Å². The van der Waals surface area contributed by atoms with Crippen LogP contribution in [0.5, 0.6) is 5.75 Å². The number of carbonyl (C=O) groups is 3. The zero-order chi connectivity index (χ0) is 20.6. The highest BCUT2D eigenvalue weighted by Gasteiger charge is 2.12. The summed E-state index contributed by atoms with van der Waals surface area (Å²) in [5, 5.41) is 6.50. The summed E-state index contributed by atoms with van der Waals surface area (Å²) in [4.78, 5) is 39.0. The summed E-state index contributed by atoms with van der Waals surface area (Å²) in [7, 11) is 1.29. The number of carbonyl (C=O) groups excluding carboxylic acids is 3. The van der Waals surface area contributed by atoms with Crippen molar-refractivity contribution in [3.8, 4) is 5.75 Å². The quantitative estimate of drug-likeness (QED) is 0.565. The van der Waals surface area contributed by atoms with Crippen LogP contribution in [0.15, 0.2) is 47.8 Å². The predicted molar refractivity (Wildman–Crippen MR) is 107 cm³/mol. The smallest absolute Gasteiger partial charge is 0.344 e. The van der Waals surface area contributed by atoms with E-state index in [9.17, 15) is 14.4 Å². The summed E-state index contributed by atoms with van der Waals surface area (Å²) in [6.07, 6.45) is 0.0178. The molecule has 9 heteroatoms. The van der Waals surface area contributed by atoms with E-state index in [4.69, 9.17) is 9.47 Å². The molecule has 3 rings (SSSR count). The van der Waals surface area contributed by atoms with Gasteiger partial charge in [-0.1, -0.05) is 30.3 Å². The summed E-state index contributed by atoms with van der Waals surface area (Å²) in [5.74, 6) is -1.10. The molecule has 2 aromatic carbocycles. The van der Waals surface area contributed by atoms with Gasteiger partial charge in [0.1, 0.15) is 5.75 Å². The molecule has 8 nitrogen and oxygen atoms in total. The van der Waals surface area contributed by atoms with Crippen LogP contribution in [0.3, 0.4) is 0 Å². The van der Waals surface area contributed by atoms with E-state index in [0.29, 0.717) is 16.6 Å². The van der Waals surface area contributed by atoms with Crippen LogP contribution in [-0.4, -0.2) is 43.2 Å². The predicted octanol–water partition coefficient (Wildman–Crippen LogP) is 2.57. The van der Waals surface area contributed by atoms with Crippen molar-refractivity contribution in [1.82, 2.24) is 4.98 Å². The van der Waals surface area contributed by atoms with Crippen LogP contribution in [-0.2, 0) is 30.3 Å². The van der Waals surface area contributed by atoms with Crippen LogP contribution < -0.4 is 10.1 Å². The number of rotatable bonds is 8. The van der Waals surface area contributed by atoms with E-state index < -0.39 is 24.5 Å². The normalized spacial score (nSPS) is 10.4. The largest absolute Gasteiger partial charge is 0.482 e. The number of aromatic nitrogens is 1. The minimum atomic E-state index is -0.668. The maximum atomic E-state index is 11.9. The molecule has 0 fully saturated rings. The van der Waals surface area contributed by atoms with Crippen molar-refractivity contribution in [2.75, 3.05) is 25.6 Å². The van der Waals surface area contributed by atoms with Gasteiger partial charge in [-0.2, -0.15) is 0 Å². The summed E-state index contributed by atoms with van der Waals surface area (Å²) >= 11 is 1.16. The molecule has 29 heavy (non-hydrogen) atoms. The zero-order valence-electron chi connectivity index (χ0n) is 15.5. The van der Waals surface area contributed by atoms with Gasteiger partial charge in [-0.3, -0.25) is 14.9 Å². The molecule has 0 bridgehead atoms. The van der Waals surface area contributed by atoms with Gasteiger partial charge in [0, 0.05) is 5.38 Å². The molecule has 0 radical (unpaired) electrons. The SMILES string of the molecule is COC(=O)Cc1csc(NC(=O)COC(=O)COc2ccc3ccccc3c2)n1. The maximum Gasteiger partial charge on any atom is 0.344 e. The minimum absolute atomic E-state index is 0.0178.